The van der Waals surface area contributed by atoms with Gasteiger partial charge in [0, 0.05) is 10.7 Å². The van der Waals surface area contributed by atoms with Crippen molar-refractivity contribution in [1.82, 2.24) is 9.97 Å². The van der Waals surface area contributed by atoms with Gasteiger partial charge in [0.2, 0.25) is 0 Å². The lowest BCUT2D eigenvalue weighted by atomic mass is 10.3. The molecule has 0 saturated carbocycles. The van der Waals surface area contributed by atoms with E-state index in [1.165, 1.54) is 22.3 Å². The SMILES string of the molecule is O=C(c1ccc([N+](=O)[O-])o1)N(Cc1ccccn1)c1nc2ccc(Br)cc2s1. The minimum absolute atomic E-state index is 0.136. The van der Waals surface area contributed by atoms with E-state index in [9.17, 15) is 14.9 Å². The number of aromatic nitrogens is 2. The molecule has 28 heavy (non-hydrogen) atoms. The van der Waals surface area contributed by atoms with Crippen molar-refractivity contribution < 1.29 is 14.1 Å². The van der Waals surface area contributed by atoms with Crippen molar-refractivity contribution in [2.45, 2.75) is 6.54 Å². The average Bonchev–Trinajstić information content (AvgIpc) is 3.33. The third kappa shape index (κ3) is 3.64. The third-order valence-corrected chi connectivity index (χ3v) is 5.38. The molecule has 0 atom stereocenters. The Morgan fingerprint density at radius 3 is 2.82 bits per heavy atom. The Balaban J connectivity index is 1.75. The van der Waals surface area contributed by atoms with Gasteiger partial charge in [0.05, 0.1) is 28.5 Å². The second kappa shape index (κ2) is 7.49. The molecule has 3 aromatic heterocycles. The number of pyridine rings is 1. The van der Waals surface area contributed by atoms with E-state index in [1.54, 1.807) is 18.3 Å². The Hall–Kier alpha value is -3.11. The molecule has 0 fully saturated rings. The van der Waals surface area contributed by atoms with Crippen LogP contribution < -0.4 is 4.90 Å². The highest BCUT2D eigenvalue weighted by Gasteiger charge is 2.26. The Labute approximate surface area is 170 Å². The Bertz CT molecular complexity index is 1170. The summed E-state index contributed by atoms with van der Waals surface area (Å²) in [5, 5.41) is 11.3. The van der Waals surface area contributed by atoms with Crippen LogP contribution in [-0.2, 0) is 6.54 Å². The molecule has 0 radical (unpaired) electrons. The summed E-state index contributed by atoms with van der Waals surface area (Å²) in [5.74, 6) is -1.16. The van der Waals surface area contributed by atoms with Crippen LogP contribution in [0, 0.1) is 10.1 Å². The van der Waals surface area contributed by atoms with Crippen LogP contribution in [0.5, 0.6) is 0 Å². The lowest BCUT2D eigenvalue weighted by Gasteiger charge is -2.18. The summed E-state index contributed by atoms with van der Waals surface area (Å²) in [6.07, 6.45) is 1.63. The second-order valence-electron chi connectivity index (χ2n) is 5.72. The number of amides is 1. The maximum Gasteiger partial charge on any atom is 0.433 e. The largest absolute Gasteiger partial charge is 0.433 e. The van der Waals surface area contributed by atoms with Gasteiger partial charge in [-0.1, -0.05) is 33.3 Å². The molecule has 0 saturated heterocycles. The predicted octanol–water partition coefficient (Wildman–Crippen LogP) is 4.80. The van der Waals surface area contributed by atoms with Gasteiger partial charge in [-0.3, -0.25) is 24.8 Å². The van der Waals surface area contributed by atoms with Gasteiger partial charge in [0.1, 0.15) is 4.92 Å². The molecular formula is C18H11BrN4O4S. The van der Waals surface area contributed by atoms with Crippen LogP contribution in [0.1, 0.15) is 16.2 Å². The van der Waals surface area contributed by atoms with Crippen molar-refractivity contribution in [1.29, 1.82) is 0 Å². The van der Waals surface area contributed by atoms with Crippen LogP contribution in [0.15, 0.2) is 63.6 Å². The average molecular weight is 459 g/mol. The van der Waals surface area contributed by atoms with Crippen molar-refractivity contribution in [3.05, 3.63) is 80.8 Å². The number of halogens is 1. The molecule has 4 aromatic rings. The lowest BCUT2D eigenvalue weighted by Crippen LogP contribution is -2.30. The fourth-order valence-electron chi connectivity index (χ4n) is 2.56. The van der Waals surface area contributed by atoms with Gasteiger partial charge >= 0.3 is 5.88 Å². The molecule has 140 valence electrons. The van der Waals surface area contributed by atoms with E-state index in [-0.39, 0.29) is 12.3 Å². The number of hydrogen-bond acceptors (Lipinski definition) is 7. The zero-order chi connectivity index (χ0) is 19.7. The van der Waals surface area contributed by atoms with Crippen LogP contribution in [0.4, 0.5) is 11.0 Å². The maximum absolute atomic E-state index is 13.1. The van der Waals surface area contributed by atoms with Gasteiger partial charge in [-0.2, -0.15) is 0 Å². The van der Waals surface area contributed by atoms with Gasteiger partial charge in [0.25, 0.3) is 5.91 Å². The molecule has 3 heterocycles. The van der Waals surface area contributed by atoms with Crippen molar-refractivity contribution in [3.63, 3.8) is 0 Å². The first-order valence-corrected chi connectivity index (χ1v) is 9.64. The van der Waals surface area contributed by atoms with E-state index in [2.05, 4.69) is 25.9 Å². The summed E-state index contributed by atoms with van der Waals surface area (Å²) in [7, 11) is 0. The number of nitro groups is 1. The van der Waals surface area contributed by atoms with Gasteiger partial charge in [-0.05, 0) is 36.4 Å². The zero-order valence-corrected chi connectivity index (χ0v) is 16.5. The smallest absolute Gasteiger partial charge is 0.395 e. The fourth-order valence-corrected chi connectivity index (χ4v) is 4.07. The highest BCUT2D eigenvalue weighted by Crippen LogP contribution is 2.32. The van der Waals surface area contributed by atoms with Gasteiger partial charge in [-0.25, -0.2) is 4.98 Å². The third-order valence-electron chi connectivity index (χ3n) is 3.84. The molecule has 0 aliphatic carbocycles. The summed E-state index contributed by atoms with van der Waals surface area (Å²) < 4.78 is 6.90. The van der Waals surface area contributed by atoms with Crippen molar-refractivity contribution in [3.8, 4) is 0 Å². The van der Waals surface area contributed by atoms with Crippen molar-refractivity contribution in [2.24, 2.45) is 0 Å². The lowest BCUT2D eigenvalue weighted by molar-refractivity contribution is -0.402. The predicted molar refractivity (Wildman–Crippen MR) is 107 cm³/mol. The number of anilines is 1. The number of rotatable bonds is 5. The van der Waals surface area contributed by atoms with Crippen LogP contribution >= 0.6 is 27.3 Å². The van der Waals surface area contributed by atoms with Crippen LogP contribution in [0.25, 0.3) is 10.2 Å². The Morgan fingerprint density at radius 1 is 1.25 bits per heavy atom. The van der Waals surface area contributed by atoms with Gasteiger partial charge in [-0.15, -0.1) is 0 Å². The van der Waals surface area contributed by atoms with E-state index in [0.29, 0.717) is 10.8 Å². The highest BCUT2D eigenvalue weighted by molar-refractivity contribution is 9.10. The topological polar surface area (TPSA) is 102 Å². The van der Waals surface area contributed by atoms with Crippen LogP contribution in [0.3, 0.4) is 0 Å². The molecule has 0 aliphatic heterocycles. The summed E-state index contributed by atoms with van der Waals surface area (Å²) in [5.41, 5.74) is 1.39. The number of carbonyl (C=O) groups is 1. The summed E-state index contributed by atoms with van der Waals surface area (Å²) in [6.45, 7) is 0.148. The first kappa shape index (κ1) is 18.3. The number of nitrogens with zero attached hydrogens (tertiary/aromatic N) is 4. The number of hydrogen-bond donors (Lipinski definition) is 0. The molecule has 0 bridgehead atoms. The standard InChI is InChI=1S/C18H11BrN4O4S/c19-11-4-5-13-15(9-11)28-18(21-13)22(10-12-3-1-2-8-20-12)17(24)14-6-7-16(27-14)23(25)26/h1-9H,10H2. The van der Waals surface area contributed by atoms with Crippen LogP contribution in [-0.4, -0.2) is 20.8 Å². The van der Waals surface area contributed by atoms with Crippen molar-refractivity contribution in [2.75, 3.05) is 4.90 Å². The molecule has 10 heteroatoms. The number of carbonyl (C=O) groups excluding carboxylic acids is 1. The van der Waals surface area contributed by atoms with E-state index in [4.69, 9.17) is 4.42 Å². The molecule has 0 unspecified atom stereocenters. The first-order valence-electron chi connectivity index (χ1n) is 8.03. The fraction of sp³-hybridized carbons (Fsp3) is 0.0556. The van der Waals surface area contributed by atoms with E-state index < -0.39 is 16.7 Å². The summed E-state index contributed by atoms with van der Waals surface area (Å²) in [4.78, 5) is 33.5. The first-order chi connectivity index (χ1) is 13.5. The molecule has 1 aromatic carbocycles. The van der Waals surface area contributed by atoms with Crippen molar-refractivity contribution >= 4 is 54.4 Å². The van der Waals surface area contributed by atoms with E-state index >= 15 is 0 Å². The van der Waals surface area contributed by atoms with Gasteiger partial charge in [0.15, 0.2) is 10.9 Å². The van der Waals surface area contributed by atoms with E-state index in [1.807, 2.05) is 24.3 Å². The second-order valence-corrected chi connectivity index (χ2v) is 7.64. The number of thiazole rings is 1. The highest BCUT2D eigenvalue weighted by atomic mass is 79.9. The van der Waals surface area contributed by atoms with Gasteiger partial charge < -0.3 is 4.42 Å². The maximum atomic E-state index is 13.1. The monoisotopic (exact) mass is 458 g/mol. The summed E-state index contributed by atoms with van der Waals surface area (Å²) in [6, 6.07) is 13.5. The Morgan fingerprint density at radius 2 is 2.11 bits per heavy atom. The number of furan rings is 1. The zero-order valence-electron chi connectivity index (χ0n) is 14.1. The molecule has 0 aliphatic rings. The quantitative estimate of drug-likeness (QED) is 0.314. The number of benzene rings is 1. The summed E-state index contributed by atoms with van der Waals surface area (Å²) >= 11 is 4.76. The minimum atomic E-state index is -0.685. The molecule has 0 N–H and O–H groups in total. The molecular weight excluding hydrogens is 448 g/mol. The molecule has 4 rings (SSSR count). The minimum Gasteiger partial charge on any atom is -0.395 e. The normalized spacial score (nSPS) is 10.9. The number of fused-ring (bicyclic) bond motifs is 1. The Kier molecular flexibility index (Phi) is 4.88. The van der Waals surface area contributed by atoms with Crippen LogP contribution in [0.2, 0.25) is 0 Å². The molecule has 8 nitrogen and oxygen atoms in total. The van der Waals surface area contributed by atoms with E-state index in [0.717, 1.165) is 20.8 Å². The molecule has 0 spiro atoms. The molecule has 1 amide bonds.